The SMILES string of the molecule is COc1cc(F)ccc1C1CCN([C@H]2CCN(c3ccc(S(=O)(=O)Nc4nccs4)cc3)C2=O)CC1.C[C@@H]1CN(c2ccc(S(=O)(=O)Nc3ncns3)cc2)CCN1C(=O)CCn1ccc2cccc(Cl)c21.N#Cc1cccc2c1ccn2CC(=O)N1CCN(c2ccc(S(=O)[O-])cc2)C(=O)C1.Nc1nccs1.O=C(Nc1cccc(F)c1)O[C@H]1CCN(c2ccc(S(=O)(=O)Nc3nccs3)cc2)C1=O.[HH].[HH].[HH].[HH].[HH].[HH].[HH].[HH]. The second-order valence-electron chi connectivity index (χ2n) is 32.1. The van der Waals surface area contributed by atoms with Gasteiger partial charge >= 0.3 is 6.09 Å². The second kappa shape index (κ2) is 45.5. The maximum Gasteiger partial charge on any atom is 0.412 e. The Kier molecular flexibility index (Phi) is 32.7. The van der Waals surface area contributed by atoms with Gasteiger partial charge in [-0.15, -0.1) is 34.0 Å². The van der Waals surface area contributed by atoms with Crippen molar-refractivity contribution in [3.63, 3.8) is 0 Å². The number of aryl methyl sites for hydroxylation is 1. The average Bonchev–Trinajstić information content (AvgIpc) is 1.63. The van der Waals surface area contributed by atoms with Crippen LogP contribution in [0.5, 0.6) is 5.75 Å². The zero-order chi connectivity index (χ0) is 98.9. The van der Waals surface area contributed by atoms with E-state index >= 15 is 0 Å². The fourth-order valence-electron chi connectivity index (χ4n) is 16.6. The minimum Gasteiger partial charge on any atom is -0.768 e. The Morgan fingerprint density at radius 3 is 1.79 bits per heavy atom. The molecule has 5 aliphatic heterocycles. The van der Waals surface area contributed by atoms with E-state index < -0.39 is 65.1 Å². The van der Waals surface area contributed by atoms with Gasteiger partial charge in [-0.3, -0.25) is 52.6 Å². The second-order valence-corrected chi connectivity index (χ2v) is 42.0. The van der Waals surface area contributed by atoms with Gasteiger partial charge in [0.25, 0.3) is 36.0 Å². The van der Waals surface area contributed by atoms with Gasteiger partial charge in [-0.1, -0.05) is 41.9 Å². The van der Waals surface area contributed by atoms with Crippen LogP contribution in [0.15, 0.2) is 261 Å². The molecule has 0 bridgehead atoms. The fourth-order valence-corrected chi connectivity index (χ4v) is 22.8. The number of hydrogen-bond donors (Lipinski definition) is 5. The molecule has 19 rings (SSSR count). The number of nitrogen functional groups attached to an aromatic ring is 1. The number of sulfonamides is 3. The lowest BCUT2D eigenvalue weighted by atomic mass is 9.88. The standard InChI is InChI=1S/C25H27FN4O4S2.C24H25ClN6O3S2.C21H18N4O4S.C20H17FN4O5S2.C3H4N2S.8H2/c1-34-23-16-18(26)2-7-21(23)17-8-12-29(13-9-17)22-10-14-30(24(22)31)19-3-5-20(6-4-19)36(32,33)28-25-27-11-15-35-25;1-17-15-30(19-5-7-20(8-6-19)36(33,34)28-24-26-16-27-35-24)13-14-31(17)22(32)10-12-29-11-9-18-3-2-4-21(25)23(18)29;22-12-15-2-1-3-19-18(15)8-9-23(19)13-20(26)24-10-11-25(21(27)14-24)16-4-6-17(7-5-16)30(28)29;21-13-2-1-3-14(12-13)23-20(27)30-17-8-10-25(18(17)26)15-4-6-16(7-5-15)32(28,29)24-19-22-9-11-31-19;4-3-5-1-2-6-3;;;;;;;;/h2-7,11,15-17,22H,8-10,12-14H2,1H3,(H,27,28);2-9,11,16-17H,10,12-15H2,1H3,(H,26,27,28);1-9H,10-11,13-14H2,(H,28,29);1-7,9,11-12,17H,8,10H2,(H,22,24)(H,23,27);1-2H,(H2,4,5);8*1H/p-1/t22-;17-;;17-;;;;;;;;;/m01.0........./s1. The molecule has 1 unspecified atom stereocenters. The molecular formula is C93H106ClF2N20O16S8-. The number of rotatable bonds is 24. The highest BCUT2D eigenvalue weighted by Crippen LogP contribution is 2.39. The van der Waals surface area contributed by atoms with Crippen molar-refractivity contribution < 1.29 is 92.4 Å². The molecule has 0 aliphatic carbocycles. The molecule has 5 fully saturated rings. The normalized spacial score (nSPS) is 16.6. The molecule has 140 heavy (non-hydrogen) atoms. The largest absolute Gasteiger partial charge is 0.768 e. The first kappa shape index (κ1) is 101. The maximum atomic E-state index is 13.6. The number of methoxy groups -OCH3 is 1. The number of benzene rings is 8. The van der Waals surface area contributed by atoms with Gasteiger partial charge in [0, 0.05) is 197 Å². The molecule has 6 amide bonds. The summed E-state index contributed by atoms with van der Waals surface area (Å²) in [4.78, 5) is 105. The molecule has 14 aromatic rings. The van der Waals surface area contributed by atoms with Gasteiger partial charge < -0.3 is 58.3 Å². The number of piperazine rings is 2. The van der Waals surface area contributed by atoms with Gasteiger partial charge in [0.15, 0.2) is 21.5 Å². The number of fused-ring (bicyclic) bond motifs is 2. The van der Waals surface area contributed by atoms with Crippen LogP contribution in [-0.2, 0) is 82.9 Å². The third kappa shape index (κ3) is 24.9. The highest BCUT2D eigenvalue weighted by atomic mass is 35.5. The minimum absolute atomic E-state index is 0. The number of nitriles is 1. The Balaban J connectivity index is 0.000000258. The van der Waals surface area contributed by atoms with E-state index in [1.807, 2.05) is 64.4 Å². The van der Waals surface area contributed by atoms with Crippen LogP contribution in [0.2, 0.25) is 5.02 Å². The van der Waals surface area contributed by atoms with Crippen molar-refractivity contribution in [2.75, 3.05) is 117 Å². The number of nitrogens with zero attached hydrogens (tertiary/aromatic N) is 15. The van der Waals surface area contributed by atoms with Crippen molar-refractivity contribution in [2.24, 2.45) is 0 Å². The van der Waals surface area contributed by atoms with Crippen molar-refractivity contribution in [3.8, 4) is 11.8 Å². The summed E-state index contributed by atoms with van der Waals surface area (Å²) in [5, 5.41) is 20.7. The van der Waals surface area contributed by atoms with E-state index in [2.05, 4.69) is 59.7 Å². The minimum atomic E-state index is -3.81. The topological polar surface area (TPSA) is 458 Å². The molecule has 0 spiro atoms. The highest BCUT2D eigenvalue weighted by Gasteiger charge is 2.40. The van der Waals surface area contributed by atoms with E-state index in [-0.39, 0.29) is 114 Å². The first-order valence-corrected chi connectivity index (χ1v) is 52.7. The van der Waals surface area contributed by atoms with Crippen LogP contribution in [0.1, 0.15) is 67.5 Å². The molecule has 8 aromatic carbocycles. The third-order valence-electron chi connectivity index (χ3n) is 23.4. The zero-order valence-electron chi connectivity index (χ0n) is 74.6. The number of thiazole rings is 3. The number of anilines is 9. The Hall–Kier alpha value is -13.7. The molecule has 36 nitrogen and oxygen atoms in total. The maximum absolute atomic E-state index is 13.6. The van der Waals surface area contributed by atoms with Gasteiger partial charge in [-0.2, -0.15) is 9.64 Å². The van der Waals surface area contributed by atoms with E-state index in [1.165, 1.54) is 130 Å². The Morgan fingerprint density at radius 1 is 0.621 bits per heavy atom. The summed E-state index contributed by atoms with van der Waals surface area (Å²) in [5.41, 5.74) is 11.4. The number of carbonyl (C=O) groups is 6. The van der Waals surface area contributed by atoms with Crippen molar-refractivity contribution in [3.05, 3.63) is 269 Å². The summed E-state index contributed by atoms with van der Waals surface area (Å²) in [6.45, 7) is 7.71. The Morgan fingerprint density at radius 2 is 1.21 bits per heavy atom. The van der Waals surface area contributed by atoms with Gasteiger partial charge in [-0.05, 0) is 213 Å². The summed E-state index contributed by atoms with van der Waals surface area (Å²) >= 11 is 8.83. The number of ether oxygens (including phenoxy) is 2. The first-order valence-electron chi connectivity index (χ1n) is 43.4. The van der Waals surface area contributed by atoms with Gasteiger partial charge in [0.2, 0.25) is 28.8 Å². The lowest BCUT2D eigenvalue weighted by molar-refractivity contribution is -0.137. The van der Waals surface area contributed by atoms with Crippen LogP contribution in [0.4, 0.5) is 62.5 Å². The number of para-hydroxylation sites is 1. The summed E-state index contributed by atoms with van der Waals surface area (Å²) in [5.74, 6) is -0.694. The molecule has 11 heterocycles. The molecule has 5 aliphatic rings. The summed E-state index contributed by atoms with van der Waals surface area (Å²) < 4.78 is 149. The van der Waals surface area contributed by atoms with E-state index in [4.69, 9.17) is 26.8 Å². The van der Waals surface area contributed by atoms with Gasteiger partial charge in [-0.25, -0.2) is 58.8 Å². The number of halogens is 3. The predicted molar refractivity (Wildman–Crippen MR) is 548 cm³/mol. The van der Waals surface area contributed by atoms with Crippen LogP contribution in [-0.4, -0.2) is 209 Å². The van der Waals surface area contributed by atoms with Gasteiger partial charge in [0.05, 0.1) is 50.0 Å². The zero-order valence-corrected chi connectivity index (χ0v) is 81.9. The van der Waals surface area contributed by atoms with Gasteiger partial charge in [0.1, 0.15) is 36.8 Å². The fraction of sp³-hybridized carbons (Fsp3) is 0.247. The number of nitrogens with one attached hydrogen (secondary N) is 4. The molecule has 0 radical (unpaired) electrons. The predicted octanol–water partition coefficient (Wildman–Crippen LogP) is 15.9. The highest BCUT2D eigenvalue weighted by molar-refractivity contribution is 7.93. The number of amides is 6. The smallest absolute Gasteiger partial charge is 0.412 e. The number of aromatic nitrogens is 7. The molecular weight excluding hydrogens is 1980 g/mol. The quantitative estimate of drug-likeness (QED) is 0.0351. The van der Waals surface area contributed by atoms with E-state index in [0.717, 1.165) is 94.3 Å². The molecule has 4 atom stereocenters. The van der Waals surface area contributed by atoms with E-state index in [0.29, 0.717) is 102 Å². The summed E-state index contributed by atoms with van der Waals surface area (Å²) in [6.07, 6.45) is 11.0. The summed E-state index contributed by atoms with van der Waals surface area (Å²) in [6, 6.07) is 51.8. The monoisotopic (exact) mass is 2090 g/mol. The van der Waals surface area contributed by atoms with Crippen LogP contribution in [0.3, 0.4) is 0 Å². The average molecular weight is 2090 g/mol. The Bertz CT molecular complexity index is 7220. The lowest BCUT2D eigenvalue weighted by Crippen LogP contribution is -2.54. The molecule has 6 N–H and O–H groups in total. The molecule has 47 heteroatoms. The van der Waals surface area contributed by atoms with Crippen molar-refractivity contribution in [1.82, 2.24) is 48.1 Å². The van der Waals surface area contributed by atoms with Crippen molar-refractivity contribution >= 4 is 205 Å². The van der Waals surface area contributed by atoms with Crippen LogP contribution in [0.25, 0.3) is 21.8 Å². The molecule has 6 aromatic heterocycles. The van der Waals surface area contributed by atoms with E-state index in [9.17, 15) is 76.8 Å². The third-order valence-corrected chi connectivity index (χ3v) is 31.4. The summed E-state index contributed by atoms with van der Waals surface area (Å²) in [7, 11) is -9.72. The number of piperidine rings is 1. The molecule has 5 saturated heterocycles. The number of nitrogens with two attached hydrogens (primary N) is 1. The van der Waals surface area contributed by atoms with Crippen LogP contribution >= 0.6 is 57.1 Å². The van der Waals surface area contributed by atoms with Crippen LogP contribution < -0.4 is 49.6 Å². The van der Waals surface area contributed by atoms with Crippen molar-refractivity contribution in [2.45, 2.75) is 95.8 Å². The Labute approximate surface area is 839 Å². The number of carbonyl (C=O) groups excluding carboxylic acids is 6. The first-order chi connectivity index (χ1) is 67.3. The van der Waals surface area contributed by atoms with Crippen LogP contribution in [0, 0.1) is 23.0 Å². The molecule has 744 valence electrons. The lowest BCUT2D eigenvalue weighted by Gasteiger charge is -2.41. The number of likely N-dealkylation sites (tertiary alicyclic amines) is 1. The van der Waals surface area contributed by atoms with E-state index in [1.54, 1.807) is 111 Å². The molecule has 0 saturated carbocycles. The number of hydrogen-bond acceptors (Lipinski definition) is 29. The van der Waals surface area contributed by atoms with Crippen molar-refractivity contribution in [1.29, 1.82) is 5.26 Å².